The van der Waals surface area contributed by atoms with Gasteiger partial charge in [-0.1, -0.05) is 13.8 Å². The third-order valence-corrected chi connectivity index (χ3v) is 4.91. The highest BCUT2D eigenvalue weighted by atomic mass is 19.1. The number of carbonyl (C=O) groups is 2. The molecule has 9 nitrogen and oxygen atoms in total. The van der Waals surface area contributed by atoms with E-state index >= 15 is 0 Å². The van der Waals surface area contributed by atoms with E-state index in [2.05, 4.69) is 4.98 Å². The first-order valence-corrected chi connectivity index (χ1v) is 9.57. The largest absolute Gasteiger partial charge is 0.495 e. The minimum absolute atomic E-state index is 0.109. The molecule has 2 aromatic heterocycles. The van der Waals surface area contributed by atoms with Crippen LogP contribution in [0.2, 0.25) is 0 Å². The molecule has 0 atom stereocenters. The second-order valence-electron chi connectivity index (χ2n) is 7.98. The zero-order valence-electron chi connectivity index (χ0n) is 17.2. The number of primary amides is 1. The number of hydrogen-bond acceptors (Lipinski definition) is 6. The van der Waals surface area contributed by atoms with Crippen LogP contribution in [-0.2, 0) is 20.6 Å². The minimum atomic E-state index is -0.984. The van der Waals surface area contributed by atoms with Crippen molar-refractivity contribution >= 4 is 35.4 Å². The summed E-state index contributed by atoms with van der Waals surface area (Å²) < 4.78 is 25.6. The van der Waals surface area contributed by atoms with Crippen molar-refractivity contribution in [3.8, 4) is 0 Å². The Bertz CT molecular complexity index is 1030. The summed E-state index contributed by atoms with van der Waals surface area (Å²) in [5.74, 6) is -1.55. The van der Waals surface area contributed by atoms with E-state index in [4.69, 9.17) is 15.0 Å². The Morgan fingerprint density at radius 2 is 2.00 bits per heavy atom. The standard InChI is InChI=1S/C19H24BFN4O5/c1-4-24(11-21)15(26)8-25-17-12(6-14(16(22)27)18(25)28)5-13(7-23-17)20-29-9-19(2,3)10-30-20/h5-7H,4,8-11H2,1-3H3,(H2,22,27). The number of halogens is 1. The maximum atomic E-state index is 13.0. The minimum Gasteiger partial charge on any atom is -0.407 e. The summed E-state index contributed by atoms with van der Waals surface area (Å²) in [7, 11) is -0.643. The number of aromatic nitrogens is 2. The Kier molecular flexibility index (Phi) is 6.23. The Labute approximate surface area is 173 Å². The van der Waals surface area contributed by atoms with Crippen LogP contribution in [0.1, 0.15) is 31.1 Å². The maximum absolute atomic E-state index is 13.0. The van der Waals surface area contributed by atoms with Crippen LogP contribution in [-0.4, -0.2) is 59.9 Å². The number of hydrogen-bond donors (Lipinski definition) is 1. The first-order chi connectivity index (χ1) is 14.2. The average molecular weight is 418 g/mol. The molecule has 1 saturated heterocycles. The van der Waals surface area contributed by atoms with Crippen LogP contribution < -0.4 is 16.8 Å². The number of nitrogens with zero attached hydrogens (tertiary/aromatic N) is 3. The van der Waals surface area contributed by atoms with E-state index in [1.807, 2.05) is 13.8 Å². The van der Waals surface area contributed by atoms with Gasteiger partial charge in [0, 0.05) is 42.2 Å². The fraction of sp³-hybridized carbons (Fsp3) is 0.474. The van der Waals surface area contributed by atoms with Gasteiger partial charge < -0.3 is 19.9 Å². The van der Waals surface area contributed by atoms with Gasteiger partial charge in [-0.05, 0) is 19.1 Å². The molecule has 0 aliphatic carbocycles. The van der Waals surface area contributed by atoms with Crippen molar-refractivity contribution in [1.82, 2.24) is 14.5 Å². The number of amides is 2. The Hall–Kier alpha value is -2.79. The molecule has 0 bridgehead atoms. The first kappa shape index (κ1) is 21.9. The summed E-state index contributed by atoms with van der Waals surface area (Å²) in [6, 6.07) is 3.00. The van der Waals surface area contributed by atoms with Gasteiger partial charge in [0.05, 0.1) is 0 Å². The number of nitrogens with two attached hydrogens (primary N) is 1. The molecule has 3 rings (SSSR count). The van der Waals surface area contributed by atoms with E-state index in [-0.39, 0.29) is 23.2 Å². The topological polar surface area (TPSA) is 117 Å². The zero-order chi connectivity index (χ0) is 22.1. The Balaban J connectivity index is 2.05. The fourth-order valence-corrected chi connectivity index (χ4v) is 3.18. The second-order valence-corrected chi connectivity index (χ2v) is 7.98. The molecule has 11 heteroatoms. The maximum Gasteiger partial charge on any atom is 0.495 e. The molecule has 0 spiro atoms. The zero-order valence-corrected chi connectivity index (χ0v) is 17.2. The van der Waals surface area contributed by atoms with E-state index < -0.39 is 37.8 Å². The highest BCUT2D eigenvalue weighted by Crippen LogP contribution is 2.21. The van der Waals surface area contributed by atoms with Crippen LogP contribution >= 0.6 is 0 Å². The van der Waals surface area contributed by atoms with Crippen molar-refractivity contribution in [2.45, 2.75) is 27.3 Å². The van der Waals surface area contributed by atoms with Crippen molar-refractivity contribution in [3.05, 3.63) is 34.2 Å². The van der Waals surface area contributed by atoms with E-state index in [0.717, 1.165) is 9.47 Å². The van der Waals surface area contributed by atoms with Crippen LogP contribution in [0.25, 0.3) is 11.0 Å². The quantitative estimate of drug-likeness (QED) is 0.523. The van der Waals surface area contributed by atoms with Gasteiger partial charge in [-0.3, -0.25) is 19.0 Å². The predicted octanol–water partition coefficient (Wildman–Crippen LogP) is 0.0391. The lowest BCUT2D eigenvalue weighted by molar-refractivity contribution is -0.133. The van der Waals surface area contributed by atoms with Gasteiger partial charge in [-0.25, -0.2) is 9.37 Å². The van der Waals surface area contributed by atoms with Gasteiger partial charge in [0.2, 0.25) is 5.91 Å². The van der Waals surface area contributed by atoms with E-state index in [1.54, 1.807) is 13.0 Å². The molecule has 1 aliphatic heterocycles. The Morgan fingerprint density at radius 3 is 2.57 bits per heavy atom. The van der Waals surface area contributed by atoms with E-state index in [0.29, 0.717) is 24.1 Å². The molecular weight excluding hydrogens is 394 g/mol. The van der Waals surface area contributed by atoms with Gasteiger partial charge in [-0.2, -0.15) is 0 Å². The summed E-state index contributed by atoms with van der Waals surface area (Å²) in [6.45, 7) is 5.34. The molecule has 2 N–H and O–H groups in total. The predicted molar refractivity (Wildman–Crippen MR) is 109 cm³/mol. The van der Waals surface area contributed by atoms with E-state index in [1.165, 1.54) is 12.3 Å². The molecule has 0 unspecified atom stereocenters. The Morgan fingerprint density at radius 1 is 1.33 bits per heavy atom. The summed E-state index contributed by atoms with van der Waals surface area (Å²) in [6.07, 6.45) is 1.49. The molecule has 0 saturated carbocycles. The number of fused-ring (bicyclic) bond motifs is 1. The monoisotopic (exact) mass is 418 g/mol. The summed E-state index contributed by atoms with van der Waals surface area (Å²) in [5.41, 5.74) is 4.97. The lowest BCUT2D eigenvalue weighted by Gasteiger charge is -2.33. The molecule has 1 aliphatic rings. The fourth-order valence-electron chi connectivity index (χ4n) is 3.18. The number of pyridine rings is 2. The number of rotatable bonds is 6. The van der Waals surface area contributed by atoms with Gasteiger partial charge in [0.25, 0.3) is 11.5 Å². The highest BCUT2D eigenvalue weighted by molar-refractivity contribution is 6.61. The number of likely N-dealkylation sites (N-methyl/N-ethyl adjacent to an activating group) is 1. The molecule has 30 heavy (non-hydrogen) atoms. The summed E-state index contributed by atoms with van der Waals surface area (Å²) >= 11 is 0. The van der Waals surface area contributed by atoms with Gasteiger partial charge in [0.1, 0.15) is 17.8 Å². The lowest BCUT2D eigenvalue weighted by Crippen LogP contribution is -2.47. The van der Waals surface area contributed by atoms with Crippen molar-refractivity contribution in [3.63, 3.8) is 0 Å². The van der Waals surface area contributed by atoms with Crippen molar-refractivity contribution in [2.75, 3.05) is 26.6 Å². The highest BCUT2D eigenvalue weighted by Gasteiger charge is 2.34. The van der Waals surface area contributed by atoms with Crippen molar-refractivity contribution in [2.24, 2.45) is 11.1 Å². The van der Waals surface area contributed by atoms with Crippen LogP contribution in [0.15, 0.2) is 23.1 Å². The molecular formula is C19H24BFN4O5. The molecule has 3 heterocycles. The SMILES string of the molecule is CCN(CF)C(=O)Cn1c(=O)c(C(N)=O)cc2cc(B3OCC(C)(C)CO3)cnc21. The van der Waals surface area contributed by atoms with Crippen molar-refractivity contribution < 1.29 is 23.3 Å². The second kappa shape index (κ2) is 8.53. The molecule has 0 aromatic carbocycles. The molecule has 0 radical (unpaired) electrons. The third-order valence-electron chi connectivity index (χ3n) is 4.91. The first-order valence-electron chi connectivity index (χ1n) is 9.57. The normalized spacial score (nSPS) is 15.9. The summed E-state index contributed by atoms with van der Waals surface area (Å²) in [4.78, 5) is 42.1. The van der Waals surface area contributed by atoms with Crippen LogP contribution in [0.4, 0.5) is 4.39 Å². The molecule has 2 aromatic rings. The van der Waals surface area contributed by atoms with E-state index in [9.17, 15) is 18.8 Å². The van der Waals surface area contributed by atoms with Crippen LogP contribution in [0.5, 0.6) is 0 Å². The average Bonchev–Trinajstić information content (AvgIpc) is 2.70. The van der Waals surface area contributed by atoms with Crippen LogP contribution in [0, 0.1) is 5.41 Å². The van der Waals surface area contributed by atoms with Gasteiger partial charge >= 0.3 is 7.12 Å². The molecule has 1 fully saturated rings. The summed E-state index contributed by atoms with van der Waals surface area (Å²) in [5, 5.41) is 0.411. The lowest BCUT2D eigenvalue weighted by atomic mass is 9.76. The third kappa shape index (κ3) is 4.36. The molecule has 2 amide bonds. The van der Waals surface area contributed by atoms with Gasteiger partial charge in [0.15, 0.2) is 6.80 Å². The van der Waals surface area contributed by atoms with Crippen molar-refractivity contribution in [1.29, 1.82) is 0 Å². The number of carbonyl (C=O) groups excluding carboxylic acids is 2. The van der Waals surface area contributed by atoms with Gasteiger partial charge in [-0.15, -0.1) is 0 Å². The van der Waals surface area contributed by atoms with Crippen LogP contribution in [0.3, 0.4) is 0 Å². The molecule has 160 valence electrons. The smallest absolute Gasteiger partial charge is 0.407 e. The number of alkyl halides is 1.